The summed E-state index contributed by atoms with van der Waals surface area (Å²) in [6, 6.07) is 5.39. The third-order valence-electron chi connectivity index (χ3n) is 3.89. The van der Waals surface area contributed by atoms with Crippen LogP contribution in [0.15, 0.2) is 24.3 Å². The van der Waals surface area contributed by atoms with Crippen molar-refractivity contribution in [3.63, 3.8) is 0 Å². The minimum absolute atomic E-state index is 0.134. The summed E-state index contributed by atoms with van der Waals surface area (Å²) >= 11 is 6.18. The van der Waals surface area contributed by atoms with Crippen LogP contribution in [0.1, 0.15) is 38.8 Å². The van der Waals surface area contributed by atoms with E-state index in [4.69, 9.17) is 25.8 Å². The molecule has 150 valence electrons. The molecule has 7 heteroatoms. The Morgan fingerprint density at radius 1 is 1.19 bits per heavy atom. The number of benzene rings is 1. The second kappa shape index (κ2) is 11.7. The fourth-order valence-corrected chi connectivity index (χ4v) is 2.81. The van der Waals surface area contributed by atoms with Gasteiger partial charge in [0.05, 0.1) is 19.4 Å². The van der Waals surface area contributed by atoms with Gasteiger partial charge in [0.1, 0.15) is 0 Å². The third kappa shape index (κ3) is 6.97. The van der Waals surface area contributed by atoms with Gasteiger partial charge in [0.2, 0.25) is 5.91 Å². The van der Waals surface area contributed by atoms with Crippen LogP contribution in [0.25, 0.3) is 5.70 Å². The predicted molar refractivity (Wildman–Crippen MR) is 105 cm³/mol. The number of halogens is 1. The van der Waals surface area contributed by atoms with Crippen molar-refractivity contribution >= 4 is 29.2 Å². The smallest absolute Gasteiger partial charge is 0.332 e. The topological polar surface area (TPSA) is 65.1 Å². The molecule has 0 aromatic heterocycles. The molecule has 0 heterocycles. The normalized spacial score (nSPS) is 11.6. The number of nitrogens with zero attached hydrogens (tertiary/aromatic N) is 1. The fraction of sp³-hybridized carbons (Fsp3) is 0.500. The molecule has 0 unspecified atom stereocenters. The molecular formula is C20H28ClNO5. The predicted octanol–water partition coefficient (Wildman–Crippen LogP) is 3.66. The van der Waals surface area contributed by atoms with Crippen LogP contribution in [0, 0.1) is 0 Å². The molecule has 0 saturated carbocycles. The molecule has 1 rings (SSSR count). The number of amides is 1. The minimum Gasteiger partial charge on any atom is -0.466 e. The maximum atomic E-state index is 12.4. The number of aryl methyl sites for hydroxylation is 1. The highest BCUT2D eigenvalue weighted by Gasteiger charge is 2.24. The summed E-state index contributed by atoms with van der Waals surface area (Å²) in [6.45, 7) is 8.12. The van der Waals surface area contributed by atoms with Crippen molar-refractivity contribution in [2.75, 3.05) is 26.9 Å². The van der Waals surface area contributed by atoms with E-state index >= 15 is 0 Å². The first-order valence-corrected chi connectivity index (χ1v) is 9.35. The Kier molecular flexibility index (Phi) is 10.1. The largest absolute Gasteiger partial charge is 0.466 e. The summed E-state index contributed by atoms with van der Waals surface area (Å²) in [5.41, 5.74) is 2.04. The Bertz CT molecular complexity index is 668. The van der Waals surface area contributed by atoms with Gasteiger partial charge in [-0.1, -0.05) is 24.6 Å². The summed E-state index contributed by atoms with van der Waals surface area (Å²) in [7, 11) is 1.29. The van der Waals surface area contributed by atoms with Crippen LogP contribution in [0.2, 0.25) is 5.02 Å². The molecule has 0 spiro atoms. The van der Waals surface area contributed by atoms with Crippen LogP contribution in [-0.4, -0.2) is 49.9 Å². The van der Waals surface area contributed by atoms with Gasteiger partial charge >= 0.3 is 5.97 Å². The molecule has 0 aliphatic rings. The SMILES string of the molecule is CCOC(CN(C(C)=O)/C(=C/C(=O)OC)c1cc(Cl)ccc1CC)OCC. The average Bonchev–Trinajstić information content (AvgIpc) is 2.64. The van der Waals surface area contributed by atoms with Crippen LogP contribution >= 0.6 is 11.6 Å². The zero-order valence-corrected chi connectivity index (χ0v) is 17.3. The summed E-state index contributed by atoms with van der Waals surface area (Å²) in [5, 5.41) is 0.507. The van der Waals surface area contributed by atoms with Gasteiger partial charge in [0.25, 0.3) is 0 Å². The summed E-state index contributed by atoms with van der Waals surface area (Å²) in [5.74, 6) is -0.820. The van der Waals surface area contributed by atoms with Crippen LogP contribution in [0.3, 0.4) is 0 Å². The number of carbonyl (C=O) groups is 2. The molecule has 27 heavy (non-hydrogen) atoms. The lowest BCUT2D eigenvalue weighted by Gasteiger charge is -2.29. The number of esters is 1. The lowest BCUT2D eigenvalue weighted by Crippen LogP contribution is -2.38. The van der Waals surface area contributed by atoms with E-state index in [0.29, 0.717) is 35.9 Å². The van der Waals surface area contributed by atoms with Gasteiger partial charge in [-0.25, -0.2) is 4.79 Å². The van der Waals surface area contributed by atoms with Crippen molar-refractivity contribution in [3.05, 3.63) is 40.4 Å². The van der Waals surface area contributed by atoms with Crippen molar-refractivity contribution in [2.24, 2.45) is 0 Å². The van der Waals surface area contributed by atoms with E-state index in [1.807, 2.05) is 26.8 Å². The number of ether oxygens (including phenoxy) is 3. The van der Waals surface area contributed by atoms with E-state index in [9.17, 15) is 9.59 Å². The van der Waals surface area contributed by atoms with E-state index in [1.54, 1.807) is 12.1 Å². The standard InChI is InChI=1S/C20H28ClNO5/c1-6-15-9-10-16(21)11-17(15)18(12-19(24)25-5)22(14(4)23)13-20(26-7-2)27-8-3/h9-12,20H,6-8,13H2,1-5H3/b18-12+. The monoisotopic (exact) mass is 397 g/mol. The van der Waals surface area contributed by atoms with Crippen LogP contribution in [0.5, 0.6) is 0 Å². The summed E-state index contributed by atoms with van der Waals surface area (Å²) < 4.78 is 15.9. The first-order chi connectivity index (χ1) is 12.9. The maximum Gasteiger partial charge on any atom is 0.332 e. The zero-order valence-electron chi connectivity index (χ0n) is 16.6. The Hall–Kier alpha value is -1.89. The number of rotatable bonds is 10. The second-order valence-corrected chi connectivity index (χ2v) is 6.11. The van der Waals surface area contributed by atoms with E-state index in [1.165, 1.54) is 25.0 Å². The van der Waals surface area contributed by atoms with E-state index < -0.39 is 12.3 Å². The maximum absolute atomic E-state index is 12.4. The summed E-state index contributed by atoms with van der Waals surface area (Å²) in [4.78, 5) is 25.9. The third-order valence-corrected chi connectivity index (χ3v) is 4.13. The Morgan fingerprint density at radius 2 is 1.81 bits per heavy atom. The van der Waals surface area contributed by atoms with Crippen molar-refractivity contribution in [2.45, 2.75) is 40.4 Å². The highest BCUT2D eigenvalue weighted by atomic mass is 35.5. The highest BCUT2D eigenvalue weighted by molar-refractivity contribution is 6.30. The molecule has 0 aliphatic carbocycles. The van der Waals surface area contributed by atoms with Crippen LogP contribution < -0.4 is 0 Å². The molecule has 0 fully saturated rings. The molecule has 1 aromatic rings. The van der Waals surface area contributed by atoms with Crippen molar-refractivity contribution in [1.82, 2.24) is 4.90 Å². The number of hydrogen-bond acceptors (Lipinski definition) is 5. The lowest BCUT2D eigenvalue weighted by molar-refractivity contribution is -0.152. The zero-order chi connectivity index (χ0) is 20.4. The first-order valence-electron chi connectivity index (χ1n) is 8.97. The van der Waals surface area contributed by atoms with Gasteiger partial charge < -0.3 is 19.1 Å². The number of hydrogen-bond donors (Lipinski definition) is 0. The van der Waals surface area contributed by atoms with Crippen molar-refractivity contribution in [3.8, 4) is 0 Å². The van der Waals surface area contributed by atoms with Crippen molar-refractivity contribution in [1.29, 1.82) is 0 Å². The van der Waals surface area contributed by atoms with Gasteiger partial charge in [0, 0.05) is 36.8 Å². The van der Waals surface area contributed by atoms with E-state index in [0.717, 1.165) is 5.56 Å². The molecule has 0 bridgehead atoms. The lowest BCUT2D eigenvalue weighted by atomic mass is 10.0. The van der Waals surface area contributed by atoms with Gasteiger partial charge in [-0.15, -0.1) is 0 Å². The Morgan fingerprint density at radius 3 is 2.30 bits per heavy atom. The highest BCUT2D eigenvalue weighted by Crippen LogP contribution is 2.28. The van der Waals surface area contributed by atoms with E-state index in [-0.39, 0.29) is 12.5 Å². The van der Waals surface area contributed by atoms with E-state index in [2.05, 4.69) is 0 Å². The summed E-state index contributed by atoms with van der Waals surface area (Å²) in [6.07, 6.45) is 1.38. The molecule has 0 saturated heterocycles. The number of methoxy groups -OCH3 is 1. The Labute approximate surface area is 166 Å². The fourth-order valence-electron chi connectivity index (χ4n) is 2.64. The average molecular weight is 398 g/mol. The van der Waals surface area contributed by atoms with Crippen LogP contribution in [-0.2, 0) is 30.2 Å². The van der Waals surface area contributed by atoms with Gasteiger partial charge in [-0.3, -0.25) is 4.79 Å². The van der Waals surface area contributed by atoms with Gasteiger partial charge in [-0.2, -0.15) is 0 Å². The quantitative estimate of drug-likeness (QED) is 0.342. The molecule has 0 aliphatic heterocycles. The molecule has 0 N–H and O–H groups in total. The molecule has 6 nitrogen and oxygen atoms in total. The Balaban J connectivity index is 3.46. The van der Waals surface area contributed by atoms with Gasteiger partial charge in [0.15, 0.2) is 6.29 Å². The molecular weight excluding hydrogens is 370 g/mol. The number of carbonyl (C=O) groups excluding carboxylic acids is 2. The van der Waals surface area contributed by atoms with Crippen LogP contribution in [0.4, 0.5) is 0 Å². The van der Waals surface area contributed by atoms with Crippen molar-refractivity contribution < 1.29 is 23.8 Å². The molecule has 0 radical (unpaired) electrons. The van der Waals surface area contributed by atoms with Gasteiger partial charge in [-0.05, 0) is 38.0 Å². The molecule has 1 amide bonds. The first kappa shape index (κ1) is 23.1. The minimum atomic E-state index is -0.616. The molecule has 0 atom stereocenters. The molecule has 1 aromatic carbocycles. The second-order valence-electron chi connectivity index (χ2n) is 5.68.